The fraction of sp³-hybridized carbons (Fsp3) is 0. The molecule has 5 aromatic heterocycles. The van der Waals surface area contributed by atoms with Gasteiger partial charge in [-0.05, 0) is 182 Å². The molecule has 8 heteroatoms. The van der Waals surface area contributed by atoms with Crippen LogP contribution in [0.5, 0.6) is 0 Å². The van der Waals surface area contributed by atoms with Crippen molar-refractivity contribution in [2.24, 2.45) is 0 Å². The highest BCUT2D eigenvalue weighted by molar-refractivity contribution is 7.27. The Morgan fingerprint density at radius 3 is 0.990 bits per heavy atom. The van der Waals surface area contributed by atoms with Crippen molar-refractivity contribution in [1.29, 1.82) is 0 Å². The lowest BCUT2D eigenvalue weighted by Gasteiger charge is -2.45. The van der Waals surface area contributed by atoms with Crippen molar-refractivity contribution in [2.45, 2.75) is 0 Å². The zero-order valence-electron chi connectivity index (χ0n) is 52.6. The van der Waals surface area contributed by atoms with E-state index in [1.165, 1.54) is 186 Å². The van der Waals surface area contributed by atoms with Crippen LogP contribution in [0.3, 0.4) is 0 Å². The predicted molar refractivity (Wildman–Crippen MR) is 428 cm³/mol. The lowest BCUT2D eigenvalue weighted by Crippen LogP contribution is -2.61. The molecule has 22 rings (SSSR count). The average Bonchev–Trinajstić information content (AvgIpc) is 0.997. The summed E-state index contributed by atoms with van der Waals surface area (Å²) >= 11 is 7.61. The van der Waals surface area contributed by atoms with Crippen LogP contribution in [0, 0.1) is 0 Å². The Morgan fingerprint density at radius 2 is 0.561 bits per heavy atom. The van der Waals surface area contributed by atoms with E-state index in [4.69, 9.17) is 0 Å². The van der Waals surface area contributed by atoms with Gasteiger partial charge in [0.25, 0.3) is 6.71 Å². The number of fused-ring (bicyclic) bond motifs is 19. The maximum atomic E-state index is 2.71. The van der Waals surface area contributed by atoms with Crippen LogP contribution < -0.4 is 26.2 Å². The molecule has 0 fully saturated rings. The standard InChI is InChI=1S/C90H52BN3S4/c1-5-19-53(20-6-1)57-35-39-72-64(43-57)65-44-58(54-21-7-2-8-22-54)36-40-73(65)92(72)61-47-78-90-79(48-61)94(75-30-18-34-85-89(75)63-28-14-16-32-81(63)96-85)77-50-69-67-46-60(56-25-11-4-12-26-56)38-42-83(67)98-87(69)52-71(77)91(90)70-51-86-68(66-45-59(37-41-82(66)97-86)55-23-9-3-10-24-55)49-76(70)93(78)74-29-17-33-84-88(74)62-27-13-15-31-80(62)95-84/h1-52H. The van der Waals surface area contributed by atoms with Gasteiger partial charge in [0.2, 0.25) is 0 Å². The first-order valence-electron chi connectivity index (χ1n) is 33.5. The fourth-order valence-corrected chi connectivity index (χ4v) is 21.1. The summed E-state index contributed by atoms with van der Waals surface area (Å²) in [5.41, 5.74) is 24.0. The Balaban J connectivity index is 0.911. The average molecular weight is 1310 g/mol. The summed E-state index contributed by atoms with van der Waals surface area (Å²) in [7, 11) is 0. The van der Waals surface area contributed by atoms with Gasteiger partial charge in [0.05, 0.1) is 28.1 Å². The number of aromatic nitrogens is 1. The van der Waals surface area contributed by atoms with Crippen LogP contribution in [-0.2, 0) is 0 Å². The van der Waals surface area contributed by atoms with Gasteiger partial charge in [0.1, 0.15) is 0 Å². The van der Waals surface area contributed by atoms with Crippen LogP contribution in [0.25, 0.3) is 153 Å². The number of thiophene rings is 4. The molecule has 0 saturated carbocycles. The zero-order valence-corrected chi connectivity index (χ0v) is 55.8. The molecule has 0 amide bonds. The molecule has 20 aromatic rings. The summed E-state index contributed by atoms with van der Waals surface area (Å²) in [5, 5.41) is 12.6. The van der Waals surface area contributed by atoms with Crippen molar-refractivity contribution in [3.05, 3.63) is 315 Å². The molecule has 0 atom stereocenters. The molecule has 0 spiro atoms. The van der Waals surface area contributed by atoms with Gasteiger partial charge in [0.15, 0.2) is 0 Å². The van der Waals surface area contributed by atoms with Crippen molar-refractivity contribution in [3.63, 3.8) is 0 Å². The third kappa shape index (κ3) is 8.09. The molecule has 2 aliphatic heterocycles. The highest BCUT2D eigenvalue weighted by Gasteiger charge is 2.45. The lowest BCUT2D eigenvalue weighted by molar-refractivity contribution is 1.16. The van der Waals surface area contributed by atoms with Gasteiger partial charge in [-0.25, -0.2) is 0 Å². The third-order valence-electron chi connectivity index (χ3n) is 20.9. The smallest absolute Gasteiger partial charge is 0.252 e. The first-order chi connectivity index (χ1) is 48.6. The van der Waals surface area contributed by atoms with Gasteiger partial charge in [-0.1, -0.05) is 194 Å². The van der Waals surface area contributed by atoms with Crippen molar-refractivity contribution < 1.29 is 0 Å². The van der Waals surface area contributed by atoms with E-state index in [-0.39, 0.29) is 6.71 Å². The van der Waals surface area contributed by atoms with Crippen LogP contribution in [0.1, 0.15) is 0 Å². The van der Waals surface area contributed by atoms with Crippen LogP contribution in [0.15, 0.2) is 315 Å². The molecule has 0 bridgehead atoms. The van der Waals surface area contributed by atoms with E-state index in [9.17, 15) is 0 Å². The first-order valence-corrected chi connectivity index (χ1v) is 36.7. The number of benzene rings is 15. The Hall–Kier alpha value is -11.4. The SMILES string of the molecule is c1ccc(-c2ccc3sc4cc5c(cc4c3c2)N(c2cccc3sc4ccccc4c23)c2cc(-n3c4ccc(-c6ccccc6)cc4c4cc(-c6ccccc6)ccc43)cc3c2B5c2cc4sc5ccc(-c6ccccc6)cc5c4cc2N3c2cccc3sc4ccccc4c23)cc1. The summed E-state index contributed by atoms with van der Waals surface area (Å²) in [5.74, 6) is 0. The van der Waals surface area contributed by atoms with E-state index in [1.807, 2.05) is 45.3 Å². The normalized spacial score (nSPS) is 12.8. The maximum absolute atomic E-state index is 2.71. The summed E-state index contributed by atoms with van der Waals surface area (Å²) in [6.45, 7) is -0.174. The minimum atomic E-state index is -0.174. The number of hydrogen-bond donors (Lipinski definition) is 0. The summed E-state index contributed by atoms with van der Waals surface area (Å²) < 4.78 is 12.8. The molecule has 0 aliphatic carbocycles. The van der Waals surface area contributed by atoms with Gasteiger partial charge in [-0.15, -0.1) is 45.3 Å². The Kier molecular flexibility index (Phi) is 11.8. The molecule has 7 heterocycles. The minimum Gasteiger partial charge on any atom is -0.311 e. The topological polar surface area (TPSA) is 11.4 Å². The van der Waals surface area contributed by atoms with Crippen molar-refractivity contribution in [3.8, 4) is 50.2 Å². The van der Waals surface area contributed by atoms with Gasteiger partial charge in [-0.3, -0.25) is 0 Å². The summed E-state index contributed by atoms with van der Waals surface area (Å²) in [4.78, 5) is 5.42. The van der Waals surface area contributed by atoms with E-state index >= 15 is 0 Å². The quantitative estimate of drug-likeness (QED) is 0.147. The fourth-order valence-electron chi connectivity index (χ4n) is 16.6. The monoisotopic (exact) mass is 1310 g/mol. The molecular weight excluding hydrogens is 1260 g/mol. The van der Waals surface area contributed by atoms with Gasteiger partial charge < -0.3 is 14.4 Å². The predicted octanol–water partition coefficient (Wildman–Crippen LogP) is 25.0. The van der Waals surface area contributed by atoms with E-state index in [0.29, 0.717) is 0 Å². The van der Waals surface area contributed by atoms with Crippen molar-refractivity contribution in [1.82, 2.24) is 4.57 Å². The van der Waals surface area contributed by atoms with Crippen LogP contribution >= 0.6 is 45.3 Å². The number of nitrogens with zero attached hydrogens (tertiary/aromatic N) is 3. The molecular formula is C90H52BN3S4. The second kappa shape index (κ2) is 21.1. The highest BCUT2D eigenvalue weighted by atomic mass is 32.1. The Labute approximate surface area is 580 Å². The van der Waals surface area contributed by atoms with Gasteiger partial charge >= 0.3 is 0 Å². The van der Waals surface area contributed by atoms with Crippen molar-refractivity contribution >= 4 is 205 Å². The van der Waals surface area contributed by atoms with Crippen LogP contribution in [0.4, 0.5) is 34.1 Å². The second-order valence-electron chi connectivity index (χ2n) is 26.2. The van der Waals surface area contributed by atoms with Gasteiger partial charge in [0, 0.05) is 114 Å². The number of hydrogen-bond acceptors (Lipinski definition) is 6. The molecule has 2 aliphatic rings. The molecule has 15 aromatic carbocycles. The van der Waals surface area contributed by atoms with Crippen LogP contribution in [0.2, 0.25) is 0 Å². The van der Waals surface area contributed by atoms with E-state index in [1.54, 1.807) is 0 Å². The number of anilines is 6. The zero-order chi connectivity index (χ0) is 63.8. The molecule has 0 radical (unpaired) electrons. The molecule has 454 valence electrons. The molecule has 0 N–H and O–H groups in total. The summed E-state index contributed by atoms with van der Waals surface area (Å²) in [6, 6.07) is 120. The van der Waals surface area contributed by atoms with E-state index in [2.05, 4.69) is 330 Å². The molecule has 98 heavy (non-hydrogen) atoms. The molecule has 0 saturated heterocycles. The minimum absolute atomic E-state index is 0.174. The van der Waals surface area contributed by atoms with E-state index in [0.717, 1.165) is 16.7 Å². The Morgan fingerprint density at radius 1 is 0.214 bits per heavy atom. The highest BCUT2D eigenvalue weighted by Crippen LogP contribution is 2.54. The lowest BCUT2D eigenvalue weighted by atomic mass is 9.33. The summed E-state index contributed by atoms with van der Waals surface area (Å²) in [6.07, 6.45) is 0. The second-order valence-corrected chi connectivity index (χ2v) is 30.5. The number of rotatable bonds is 7. The van der Waals surface area contributed by atoms with Gasteiger partial charge in [-0.2, -0.15) is 0 Å². The maximum Gasteiger partial charge on any atom is 0.252 e. The molecule has 3 nitrogen and oxygen atoms in total. The molecule has 0 unspecified atom stereocenters. The van der Waals surface area contributed by atoms with Crippen molar-refractivity contribution in [2.75, 3.05) is 9.80 Å². The third-order valence-corrected chi connectivity index (χ3v) is 25.5. The largest absolute Gasteiger partial charge is 0.311 e. The van der Waals surface area contributed by atoms with Crippen LogP contribution in [-0.4, -0.2) is 11.3 Å². The first kappa shape index (κ1) is 54.8. The van der Waals surface area contributed by atoms with E-state index < -0.39 is 0 Å². The Bertz CT molecular complexity index is 6360.